The van der Waals surface area contributed by atoms with Crippen LogP contribution in [-0.4, -0.2) is 53.5 Å². The summed E-state index contributed by atoms with van der Waals surface area (Å²) >= 11 is 0. The summed E-state index contributed by atoms with van der Waals surface area (Å²) in [5, 5.41) is 3.73. The Hall–Kier alpha value is -2.86. The second-order valence-corrected chi connectivity index (χ2v) is 9.53. The molecular formula is C28H37N3O3. The van der Waals surface area contributed by atoms with Crippen molar-refractivity contribution in [2.75, 3.05) is 20.2 Å². The van der Waals surface area contributed by atoms with Crippen LogP contribution in [0.5, 0.6) is 5.75 Å². The highest BCUT2D eigenvalue weighted by Crippen LogP contribution is 2.35. The van der Waals surface area contributed by atoms with Crippen LogP contribution in [0.4, 0.5) is 0 Å². The number of hydrogen-bond donors (Lipinski definition) is 1. The zero-order chi connectivity index (χ0) is 24.1. The van der Waals surface area contributed by atoms with Crippen LogP contribution < -0.4 is 10.1 Å². The summed E-state index contributed by atoms with van der Waals surface area (Å²) in [4.78, 5) is 30.7. The number of piperidine rings is 1. The molecule has 2 amide bonds. The van der Waals surface area contributed by atoms with Crippen LogP contribution in [0.1, 0.15) is 50.7 Å². The van der Waals surface area contributed by atoms with Crippen LogP contribution in [-0.2, 0) is 22.6 Å². The third kappa shape index (κ3) is 4.97. The fourth-order valence-corrected chi connectivity index (χ4v) is 5.40. The van der Waals surface area contributed by atoms with Crippen LogP contribution in [0.25, 0.3) is 0 Å². The summed E-state index contributed by atoms with van der Waals surface area (Å²) in [6.07, 6.45) is 3.89. The van der Waals surface area contributed by atoms with Crippen molar-refractivity contribution in [2.24, 2.45) is 5.92 Å². The van der Waals surface area contributed by atoms with Crippen molar-refractivity contribution in [1.29, 1.82) is 0 Å². The van der Waals surface area contributed by atoms with E-state index < -0.39 is 5.66 Å². The van der Waals surface area contributed by atoms with Gasteiger partial charge in [0.1, 0.15) is 5.75 Å². The van der Waals surface area contributed by atoms with Crippen LogP contribution in [0, 0.1) is 5.92 Å². The minimum atomic E-state index is -0.429. The van der Waals surface area contributed by atoms with Crippen molar-refractivity contribution in [3.05, 3.63) is 65.7 Å². The highest BCUT2D eigenvalue weighted by Gasteiger charge is 2.51. The van der Waals surface area contributed by atoms with E-state index in [-0.39, 0.29) is 23.8 Å². The van der Waals surface area contributed by atoms with Crippen molar-refractivity contribution >= 4 is 11.8 Å². The Bertz CT molecular complexity index is 964. The van der Waals surface area contributed by atoms with Gasteiger partial charge >= 0.3 is 0 Å². The number of amides is 2. The summed E-state index contributed by atoms with van der Waals surface area (Å²) in [6.45, 7) is 6.06. The van der Waals surface area contributed by atoms with Gasteiger partial charge in [0.25, 0.3) is 0 Å². The number of benzene rings is 2. The number of hydrogen-bond acceptors (Lipinski definition) is 4. The van der Waals surface area contributed by atoms with Gasteiger partial charge in [0.2, 0.25) is 11.8 Å². The Morgan fingerprint density at radius 2 is 1.68 bits per heavy atom. The molecule has 1 unspecified atom stereocenters. The van der Waals surface area contributed by atoms with Gasteiger partial charge in [-0.3, -0.25) is 14.9 Å². The Labute approximate surface area is 203 Å². The maximum atomic E-state index is 13.7. The highest BCUT2D eigenvalue weighted by molar-refractivity contribution is 5.86. The molecule has 2 aliphatic rings. The molecule has 6 heteroatoms. The Morgan fingerprint density at radius 1 is 1.03 bits per heavy atom. The molecule has 0 aromatic heterocycles. The SMILES string of the molecule is CCC(CC)C(=O)N1CCC2(CC1)NC(Cc1ccccc1)C(=O)N2Cc1ccc(OC)cc1. The van der Waals surface area contributed by atoms with Gasteiger partial charge in [-0.15, -0.1) is 0 Å². The minimum absolute atomic E-state index is 0.0912. The number of carbonyl (C=O) groups excluding carboxylic acids is 2. The van der Waals surface area contributed by atoms with Gasteiger partial charge in [0.05, 0.1) is 18.8 Å². The molecule has 0 saturated carbocycles. The molecule has 182 valence electrons. The lowest BCUT2D eigenvalue weighted by Gasteiger charge is -2.45. The normalized spacial score (nSPS) is 19.8. The largest absolute Gasteiger partial charge is 0.497 e. The molecule has 0 bridgehead atoms. The zero-order valence-electron chi connectivity index (χ0n) is 20.6. The predicted molar refractivity (Wildman–Crippen MR) is 133 cm³/mol. The molecule has 0 radical (unpaired) electrons. The summed E-state index contributed by atoms with van der Waals surface area (Å²) in [6, 6.07) is 17.8. The molecule has 2 aliphatic heterocycles. The van der Waals surface area contributed by atoms with E-state index in [4.69, 9.17) is 4.74 Å². The molecule has 2 aromatic carbocycles. The third-order valence-electron chi connectivity index (χ3n) is 7.54. The molecular weight excluding hydrogens is 426 g/mol. The van der Waals surface area contributed by atoms with Crippen LogP contribution >= 0.6 is 0 Å². The number of methoxy groups -OCH3 is 1. The first-order chi connectivity index (χ1) is 16.5. The van der Waals surface area contributed by atoms with Gasteiger partial charge in [0.15, 0.2) is 0 Å². The third-order valence-corrected chi connectivity index (χ3v) is 7.54. The van der Waals surface area contributed by atoms with E-state index in [0.29, 0.717) is 26.1 Å². The van der Waals surface area contributed by atoms with E-state index in [1.54, 1.807) is 7.11 Å². The van der Waals surface area contributed by atoms with Crippen molar-refractivity contribution in [1.82, 2.24) is 15.1 Å². The van der Waals surface area contributed by atoms with Crippen molar-refractivity contribution in [2.45, 2.75) is 64.2 Å². The number of rotatable bonds is 8. The molecule has 4 rings (SSSR count). The van der Waals surface area contributed by atoms with Crippen molar-refractivity contribution in [3.63, 3.8) is 0 Å². The van der Waals surface area contributed by atoms with E-state index >= 15 is 0 Å². The second-order valence-electron chi connectivity index (χ2n) is 9.53. The molecule has 2 saturated heterocycles. The molecule has 1 spiro atoms. The van der Waals surface area contributed by atoms with Crippen LogP contribution in [0.2, 0.25) is 0 Å². The van der Waals surface area contributed by atoms with E-state index in [9.17, 15) is 9.59 Å². The lowest BCUT2D eigenvalue weighted by Crippen LogP contribution is -2.59. The maximum Gasteiger partial charge on any atom is 0.241 e. The van der Waals surface area contributed by atoms with Gasteiger partial charge in [-0.25, -0.2) is 0 Å². The molecule has 0 aliphatic carbocycles. The van der Waals surface area contributed by atoms with Crippen molar-refractivity contribution in [3.8, 4) is 5.75 Å². The fourth-order valence-electron chi connectivity index (χ4n) is 5.40. The second kappa shape index (κ2) is 10.6. The monoisotopic (exact) mass is 463 g/mol. The topological polar surface area (TPSA) is 61.9 Å². The maximum absolute atomic E-state index is 13.7. The standard InChI is InChI=1S/C28H37N3O3/c1-4-23(5-2)26(32)30-17-15-28(16-18-30)29-25(19-21-9-7-6-8-10-21)27(33)31(28)20-22-11-13-24(34-3)14-12-22/h6-14,23,25,29H,4-5,15-20H2,1-3H3. The Kier molecular flexibility index (Phi) is 7.57. The number of ether oxygens (including phenoxy) is 1. The van der Waals surface area contributed by atoms with Gasteiger partial charge in [0, 0.05) is 38.4 Å². The number of nitrogens with one attached hydrogen (secondary N) is 1. The van der Waals surface area contributed by atoms with Gasteiger partial charge in [-0.2, -0.15) is 0 Å². The Morgan fingerprint density at radius 3 is 2.26 bits per heavy atom. The molecule has 2 fully saturated rings. The van der Waals surface area contributed by atoms with Gasteiger partial charge in [-0.1, -0.05) is 56.3 Å². The molecule has 1 N–H and O–H groups in total. The average Bonchev–Trinajstić information content (AvgIpc) is 3.11. The lowest BCUT2D eigenvalue weighted by atomic mass is 9.93. The molecule has 2 aromatic rings. The minimum Gasteiger partial charge on any atom is -0.497 e. The highest BCUT2D eigenvalue weighted by atomic mass is 16.5. The van der Waals surface area contributed by atoms with Crippen LogP contribution in [0.15, 0.2) is 54.6 Å². The first-order valence-corrected chi connectivity index (χ1v) is 12.5. The van der Waals surface area contributed by atoms with Crippen LogP contribution in [0.3, 0.4) is 0 Å². The number of likely N-dealkylation sites (tertiary alicyclic amines) is 1. The average molecular weight is 464 g/mol. The number of nitrogens with zero attached hydrogens (tertiary/aromatic N) is 2. The summed E-state index contributed by atoms with van der Waals surface area (Å²) in [5.41, 5.74) is 1.80. The lowest BCUT2D eigenvalue weighted by molar-refractivity contribution is -0.140. The van der Waals surface area contributed by atoms with Crippen molar-refractivity contribution < 1.29 is 14.3 Å². The molecule has 34 heavy (non-hydrogen) atoms. The quantitative estimate of drug-likeness (QED) is 0.643. The molecule has 2 heterocycles. The Balaban J connectivity index is 1.54. The summed E-state index contributed by atoms with van der Waals surface area (Å²) < 4.78 is 5.30. The number of carbonyl (C=O) groups is 2. The van der Waals surface area contributed by atoms with E-state index in [2.05, 4.69) is 31.3 Å². The van der Waals surface area contributed by atoms with Gasteiger partial charge in [-0.05, 0) is 42.5 Å². The molecule has 1 atom stereocenters. The fraction of sp³-hybridized carbons (Fsp3) is 0.500. The van der Waals surface area contributed by atoms with Gasteiger partial charge < -0.3 is 14.5 Å². The first-order valence-electron chi connectivity index (χ1n) is 12.5. The van der Waals surface area contributed by atoms with E-state index in [1.807, 2.05) is 52.3 Å². The molecule has 6 nitrogen and oxygen atoms in total. The first kappa shape index (κ1) is 24.3. The van der Waals surface area contributed by atoms with E-state index in [1.165, 1.54) is 0 Å². The summed E-state index contributed by atoms with van der Waals surface area (Å²) in [7, 11) is 1.66. The summed E-state index contributed by atoms with van der Waals surface area (Å²) in [5.74, 6) is 1.29. The van der Waals surface area contributed by atoms with E-state index in [0.717, 1.165) is 42.6 Å². The zero-order valence-corrected chi connectivity index (χ0v) is 20.6. The predicted octanol–water partition coefficient (Wildman–Crippen LogP) is 3.99. The smallest absolute Gasteiger partial charge is 0.241 e.